The maximum Gasteiger partial charge on any atom is 0.228 e. The molecule has 0 saturated heterocycles. The van der Waals surface area contributed by atoms with Crippen molar-refractivity contribution in [2.75, 3.05) is 12.4 Å². The highest BCUT2D eigenvalue weighted by atomic mass is 16.5. The first-order valence-electron chi connectivity index (χ1n) is 10.4. The fourth-order valence-electron chi connectivity index (χ4n) is 4.37. The summed E-state index contributed by atoms with van der Waals surface area (Å²) in [4.78, 5) is 24.2. The first kappa shape index (κ1) is 19.3. The molecule has 9 heteroatoms. The van der Waals surface area contributed by atoms with Crippen LogP contribution in [0.15, 0.2) is 36.8 Å². The summed E-state index contributed by atoms with van der Waals surface area (Å²) in [6.07, 6.45) is 7.77. The Labute approximate surface area is 179 Å². The van der Waals surface area contributed by atoms with E-state index < -0.39 is 0 Å². The number of hydrogen-bond donors (Lipinski definition) is 3. The van der Waals surface area contributed by atoms with E-state index in [1.807, 2.05) is 36.0 Å². The molecule has 31 heavy (non-hydrogen) atoms. The van der Waals surface area contributed by atoms with Crippen molar-refractivity contribution in [1.82, 2.24) is 29.9 Å². The minimum absolute atomic E-state index is 0.0771. The molecule has 0 bridgehead atoms. The maximum absolute atomic E-state index is 11.7. The second kappa shape index (κ2) is 7.26. The fraction of sp³-hybridized carbons (Fsp3) is 0.364. The molecule has 3 N–H and O–H groups in total. The van der Waals surface area contributed by atoms with E-state index >= 15 is 0 Å². The van der Waals surface area contributed by atoms with Crippen molar-refractivity contribution in [2.45, 2.75) is 44.7 Å². The summed E-state index contributed by atoms with van der Waals surface area (Å²) in [5.74, 6) is 1.10. The molecule has 0 radical (unpaired) electrons. The number of rotatable bonds is 6. The molecule has 1 saturated carbocycles. The van der Waals surface area contributed by atoms with Crippen LogP contribution < -0.4 is 15.4 Å². The summed E-state index contributed by atoms with van der Waals surface area (Å²) in [6, 6.07) is 6.24. The minimum atomic E-state index is -0.176. The van der Waals surface area contributed by atoms with E-state index in [1.165, 1.54) is 0 Å². The zero-order chi connectivity index (χ0) is 21.6. The average Bonchev–Trinajstić information content (AvgIpc) is 3.38. The summed E-state index contributed by atoms with van der Waals surface area (Å²) < 4.78 is 7.44. The van der Waals surface area contributed by atoms with Gasteiger partial charge in [0.05, 0.1) is 18.0 Å². The lowest BCUT2D eigenvalue weighted by Crippen LogP contribution is -2.59. The molecule has 1 amide bonds. The van der Waals surface area contributed by atoms with Gasteiger partial charge in [0, 0.05) is 42.2 Å². The monoisotopic (exact) mass is 419 g/mol. The number of nitrogens with one attached hydrogen (secondary N) is 3. The van der Waals surface area contributed by atoms with Crippen molar-refractivity contribution in [3.63, 3.8) is 0 Å². The molecule has 0 spiro atoms. The molecule has 4 aromatic heterocycles. The number of aromatic nitrogens is 5. The zero-order valence-electron chi connectivity index (χ0n) is 17.8. The number of carbonyl (C=O) groups excluding carboxylic acids is 1. The van der Waals surface area contributed by atoms with E-state index in [9.17, 15) is 4.79 Å². The molecule has 9 nitrogen and oxygen atoms in total. The molecule has 1 aliphatic rings. The van der Waals surface area contributed by atoms with E-state index in [0.29, 0.717) is 23.9 Å². The molecule has 1 fully saturated rings. The molecular formula is C22H25N7O2. The Kier molecular flexibility index (Phi) is 4.53. The number of fused-ring (bicyclic) bond motifs is 2. The maximum atomic E-state index is 11.7. The molecule has 4 heterocycles. The molecule has 0 unspecified atom stereocenters. The smallest absolute Gasteiger partial charge is 0.228 e. The minimum Gasteiger partial charge on any atom is -0.480 e. The standard InChI is InChI=1S/C22H25N7O2/c1-4-17(30)28-22(2)10-14(11-22)25-21-26-19-18(20(27-21)31-3)16(12-23-19)13-6-8-29-15(9-13)5-7-24-29/h5-9,12,14H,4,10-11H2,1-3H3,(H,28,30)(H2,23,25,26,27)/t14-,22+. The van der Waals surface area contributed by atoms with E-state index in [0.717, 1.165) is 34.9 Å². The van der Waals surface area contributed by atoms with Crippen LogP contribution in [0.25, 0.3) is 27.7 Å². The van der Waals surface area contributed by atoms with E-state index in [4.69, 9.17) is 4.74 Å². The second-order valence-corrected chi connectivity index (χ2v) is 8.31. The van der Waals surface area contributed by atoms with Gasteiger partial charge in [0.25, 0.3) is 0 Å². The van der Waals surface area contributed by atoms with E-state index in [-0.39, 0.29) is 17.5 Å². The second-order valence-electron chi connectivity index (χ2n) is 8.31. The fourth-order valence-corrected chi connectivity index (χ4v) is 4.37. The highest BCUT2D eigenvalue weighted by Crippen LogP contribution is 2.37. The number of aromatic amines is 1. The highest BCUT2D eigenvalue weighted by molar-refractivity contribution is 5.98. The van der Waals surface area contributed by atoms with Crippen molar-refractivity contribution < 1.29 is 9.53 Å². The molecule has 0 aliphatic heterocycles. The first-order chi connectivity index (χ1) is 15.0. The van der Waals surface area contributed by atoms with Crippen LogP contribution in [0.2, 0.25) is 0 Å². The lowest BCUT2D eigenvalue weighted by Gasteiger charge is -2.45. The Balaban J connectivity index is 1.41. The normalized spacial score (nSPS) is 20.5. The predicted molar refractivity (Wildman–Crippen MR) is 118 cm³/mol. The summed E-state index contributed by atoms with van der Waals surface area (Å²) in [5.41, 5.74) is 3.54. The Morgan fingerprint density at radius 1 is 1.35 bits per heavy atom. The van der Waals surface area contributed by atoms with Gasteiger partial charge in [-0.25, -0.2) is 4.52 Å². The summed E-state index contributed by atoms with van der Waals surface area (Å²) in [5, 5.41) is 11.5. The van der Waals surface area contributed by atoms with Gasteiger partial charge in [0.1, 0.15) is 5.65 Å². The Bertz CT molecular complexity index is 1270. The number of carbonyl (C=O) groups is 1. The van der Waals surface area contributed by atoms with Gasteiger partial charge in [-0.3, -0.25) is 4.79 Å². The average molecular weight is 419 g/mol. The van der Waals surface area contributed by atoms with Crippen LogP contribution in [0, 0.1) is 0 Å². The molecule has 4 aromatic rings. The van der Waals surface area contributed by atoms with Crippen molar-refractivity contribution in [3.05, 3.63) is 36.8 Å². The molecule has 0 atom stereocenters. The lowest BCUT2D eigenvalue weighted by atomic mass is 9.74. The highest BCUT2D eigenvalue weighted by Gasteiger charge is 2.41. The van der Waals surface area contributed by atoms with Crippen LogP contribution in [-0.4, -0.2) is 49.2 Å². The van der Waals surface area contributed by atoms with E-state index in [1.54, 1.807) is 13.3 Å². The van der Waals surface area contributed by atoms with Gasteiger partial charge in [0.2, 0.25) is 17.7 Å². The largest absolute Gasteiger partial charge is 0.480 e. The summed E-state index contributed by atoms with van der Waals surface area (Å²) >= 11 is 0. The van der Waals surface area contributed by atoms with Crippen LogP contribution in [0.1, 0.15) is 33.1 Å². The molecule has 5 rings (SSSR count). The van der Waals surface area contributed by atoms with Gasteiger partial charge in [-0.05, 0) is 43.5 Å². The van der Waals surface area contributed by atoms with Crippen molar-refractivity contribution in [2.24, 2.45) is 0 Å². The van der Waals surface area contributed by atoms with Gasteiger partial charge in [-0.1, -0.05) is 6.92 Å². The Hall–Kier alpha value is -3.62. The van der Waals surface area contributed by atoms with Crippen molar-refractivity contribution >= 4 is 28.4 Å². The van der Waals surface area contributed by atoms with Crippen LogP contribution in [0.5, 0.6) is 5.88 Å². The molecule has 0 aromatic carbocycles. The van der Waals surface area contributed by atoms with Crippen molar-refractivity contribution in [1.29, 1.82) is 0 Å². The van der Waals surface area contributed by atoms with Crippen LogP contribution in [0.4, 0.5) is 5.95 Å². The van der Waals surface area contributed by atoms with Crippen LogP contribution in [-0.2, 0) is 4.79 Å². The topological polar surface area (TPSA) is 109 Å². The molecule has 1 aliphatic carbocycles. The third-order valence-corrected chi connectivity index (χ3v) is 5.89. The molecule has 160 valence electrons. The van der Waals surface area contributed by atoms with Crippen LogP contribution in [0.3, 0.4) is 0 Å². The SMILES string of the molecule is CCC(=O)N[C@]1(C)C[C@H](Nc2nc(OC)c3c(-c4ccn5nccc5c4)c[nH]c3n2)C1. The van der Waals surface area contributed by atoms with Gasteiger partial charge in [-0.2, -0.15) is 15.1 Å². The lowest BCUT2D eigenvalue weighted by molar-refractivity contribution is -0.123. The van der Waals surface area contributed by atoms with E-state index in [2.05, 4.69) is 43.7 Å². The van der Waals surface area contributed by atoms with Crippen LogP contribution >= 0.6 is 0 Å². The number of nitrogens with zero attached hydrogens (tertiary/aromatic N) is 4. The number of H-pyrrole nitrogens is 1. The summed E-state index contributed by atoms with van der Waals surface area (Å²) in [6.45, 7) is 3.93. The Morgan fingerprint density at radius 2 is 2.19 bits per heavy atom. The third-order valence-electron chi connectivity index (χ3n) is 5.89. The Morgan fingerprint density at radius 3 is 2.97 bits per heavy atom. The number of hydrogen-bond acceptors (Lipinski definition) is 6. The number of pyridine rings is 1. The van der Waals surface area contributed by atoms with Gasteiger partial charge in [0.15, 0.2) is 0 Å². The first-order valence-corrected chi connectivity index (χ1v) is 10.4. The third kappa shape index (κ3) is 3.45. The number of anilines is 1. The van der Waals surface area contributed by atoms with Gasteiger partial charge in [-0.15, -0.1) is 0 Å². The summed E-state index contributed by atoms with van der Waals surface area (Å²) in [7, 11) is 1.61. The van der Waals surface area contributed by atoms with Gasteiger partial charge < -0.3 is 20.4 Å². The quantitative estimate of drug-likeness (QED) is 0.443. The zero-order valence-corrected chi connectivity index (χ0v) is 17.8. The molecular weight excluding hydrogens is 394 g/mol. The van der Waals surface area contributed by atoms with Gasteiger partial charge >= 0.3 is 0 Å². The number of amides is 1. The van der Waals surface area contributed by atoms with Crippen molar-refractivity contribution in [3.8, 4) is 17.0 Å². The predicted octanol–water partition coefficient (Wildman–Crippen LogP) is 3.14. The number of methoxy groups -OCH3 is 1. The number of ether oxygens (including phenoxy) is 1.